The predicted octanol–water partition coefficient (Wildman–Crippen LogP) is 4.51. The number of fused-ring (bicyclic) bond motifs is 1. The molecule has 0 aliphatic carbocycles. The number of benzene rings is 2. The Labute approximate surface area is 174 Å². The molecule has 1 aliphatic rings. The van der Waals surface area contributed by atoms with Crippen molar-refractivity contribution in [3.8, 4) is 11.5 Å². The van der Waals surface area contributed by atoms with E-state index in [1.54, 1.807) is 6.07 Å². The fourth-order valence-corrected chi connectivity index (χ4v) is 6.59. The fraction of sp³-hybridized carbons (Fsp3) is 0.478. The summed E-state index contributed by atoms with van der Waals surface area (Å²) in [6.07, 6.45) is 3.51. The van der Waals surface area contributed by atoms with Crippen LogP contribution < -0.4 is 14.8 Å². The van der Waals surface area contributed by atoms with E-state index < -0.39 is 15.4 Å². The summed E-state index contributed by atoms with van der Waals surface area (Å²) in [5.41, 5.74) is 1.24. The van der Waals surface area contributed by atoms with Gasteiger partial charge in [0.15, 0.2) is 21.3 Å². The van der Waals surface area contributed by atoms with Crippen molar-refractivity contribution in [1.82, 2.24) is 5.32 Å². The van der Waals surface area contributed by atoms with E-state index in [1.165, 1.54) is 14.2 Å². The molecular formula is C23H31NO4S. The number of methoxy groups -OCH3 is 2. The average molecular weight is 418 g/mol. The number of hydrogen-bond acceptors (Lipinski definition) is 5. The molecule has 0 aromatic heterocycles. The first-order valence-electron chi connectivity index (χ1n) is 10.2. The van der Waals surface area contributed by atoms with Crippen molar-refractivity contribution in [2.24, 2.45) is 0 Å². The van der Waals surface area contributed by atoms with Crippen molar-refractivity contribution in [2.75, 3.05) is 20.0 Å². The molecule has 3 rings (SSSR count). The number of rotatable bonds is 7. The van der Waals surface area contributed by atoms with Gasteiger partial charge in [-0.05, 0) is 30.0 Å². The van der Waals surface area contributed by atoms with E-state index in [0.717, 1.165) is 31.2 Å². The van der Waals surface area contributed by atoms with Crippen LogP contribution in [0.5, 0.6) is 11.5 Å². The maximum Gasteiger partial charge on any atom is 0.184 e. The van der Waals surface area contributed by atoms with Gasteiger partial charge in [-0.2, -0.15) is 0 Å². The molecule has 2 atom stereocenters. The Morgan fingerprint density at radius 2 is 1.79 bits per heavy atom. The van der Waals surface area contributed by atoms with Crippen molar-refractivity contribution < 1.29 is 17.9 Å². The minimum atomic E-state index is -3.61. The first kappa shape index (κ1) is 21.7. The maximum absolute atomic E-state index is 13.7. The highest BCUT2D eigenvalue weighted by molar-refractivity contribution is 7.91. The molecule has 0 fully saturated rings. The van der Waals surface area contributed by atoms with Crippen LogP contribution in [0.2, 0.25) is 0 Å². The SMILES string of the molecule is CCCC[C@]1(CC)CS(=O)(=O)c2c(ccc(OC)c2OC)[C@@H](c2ccccc2)N1. The molecule has 5 nitrogen and oxygen atoms in total. The van der Waals surface area contributed by atoms with Gasteiger partial charge < -0.3 is 9.47 Å². The molecule has 158 valence electrons. The van der Waals surface area contributed by atoms with E-state index in [0.29, 0.717) is 11.3 Å². The van der Waals surface area contributed by atoms with Crippen LogP contribution in [0.15, 0.2) is 47.4 Å². The van der Waals surface area contributed by atoms with Crippen LogP contribution in [0.3, 0.4) is 0 Å². The van der Waals surface area contributed by atoms with Gasteiger partial charge in [0.25, 0.3) is 0 Å². The summed E-state index contributed by atoms with van der Waals surface area (Å²) >= 11 is 0. The molecule has 6 heteroatoms. The summed E-state index contributed by atoms with van der Waals surface area (Å²) < 4.78 is 38.3. The van der Waals surface area contributed by atoms with Crippen LogP contribution in [-0.4, -0.2) is 33.9 Å². The number of ether oxygens (including phenoxy) is 2. The van der Waals surface area contributed by atoms with E-state index in [1.807, 2.05) is 36.4 Å². The third-order valence-corrected chi connectivity index (χ3v) is 7.86. The lowest BCUT2D eigenvalue weighted by Gasteiger charge is -2.35. The normalized spacial score (nSPS) is 23.1. The molecule has 0 amide bonds. The van der Waals surface area contributed by atoms with Crippen LogP contribution in [0.25, 0.3) is 0 Å². The molecule has 0 bridgehead atoms. The van der Waals surface area contributed by atoms with Crippen molar-refractivity contribution in [3.63, 3.8) is 0 Å². The highest BCUT2D eigenvalue weighted by Gasteiger charge is 2.43. The van der Waals surface area contributed by atoms with Crippen molar-refractivity contribution in [1.29, 1.82) is 0 Å². The van der Waals surface area contributed by atoms with Gasteiger partial charge in [0.05, 0.1) is 26.0 Å². The summed E-state index contributed by atoms with van der Waals surface area (Å²) in [6, 6.07) is 13.4. The Bertz CT molecular complexity index is 943. The number of unbranched alkanes of at least 4 members (excludes halogenated alkanes) is 1. The topological polar surface area (TPSA) is 64.6 Å². The zero-order valence-corrected chi connectivity index (χ0v) is 18.5. The van der Waals surface area contributed by atoms with Crippen LogP contribution in [-0.2, 0) is 9.84 Å². The van der Waals surface area contributed by atoms with Gasteiger partial charge >= 0.3 is 0 Å². The summed E-state index contributed by atoms with van der Waals surface area (Å²) in [4.78, 5) is 0.243. The molecule has 0 radical (unpaired) electrons. The standard InChI is InChI=1S/C23H31NO4S/c1-5-7-15-23(6-2)16-29(25,26)22-18(13-14-19(27-3)21(22)28-4)20(24-23)17-11-9-8-10-12-17/h8-14,20,24H,5-7,15-16H2,1-4H3/t20-,23-/m1/s1. The van der Waals surface area contributed by atoms with Crippen molar-refractivity contribution in [3.05, 3.63) is 53.6 Å². The number of hydrogen-bond donors (Lipinski definition) is 1. The lowest BCUT2D eigenvalue weighted by atomic mass is 9.88. The Morgan fingerprint density at radius 3 is 2.38 bits per heavy atom. The molecule has 1 heterocycles. The van der Waals surface area contributed by atoms with Gasteiger partial charge in [-0.3, -0.25) is 5.32 Å². The second kappa shape index (κ2) is 8.76. The molecule has 2 aromatic rings. The quantitative estimate of drug-likeness (QED) is 0.718. The predicted molar refractivity (Wildman–Crippen MR) is 116 cm³/mol. The van der Waals surface area contributed by atoms with Crippen molar-refractivity contribution >= 4 is 9.84 Å². The Hall–Kier alpha value is -2.05. The lowest BCUT2D eigenvalue weighted by Crippen LogP contribution is -2.50. The van der Waals surface area contributed by atoms with Gasteiger partial charge in [0.2, 0.25) is 0 Å². The summed E-state index contributed by atoms with van der Waals surface area (Å²) in [6.45, 7) is 4.19. The molecule has 1 aliphatic heterocycles. The molecule has 29 heavy (non-hydrogen) atoms. The molecule has 0 saturated carbocycles. The highest BCUT2D eigenvalue weighted by atomic mass is 32.2. The third kappa shape index (κ3) is 4.14. The van der Waals surface area contributed by atoms with E-state index in [9.17, 15) is 8.42 Å². The highest BCUT2D eigenvalue weighted by Crippen LogP contribution is 2.45. The molecule has 0 saturated heterocycles. The van der Waals surface area contributed by atoms with E-state index in [2.05, 4.69) is 19.2 Å². The Kier molecular flexibility index (Phi) is 6.54. The van der Waals surface area contributed by atoms with Crippen molar-refractivity contribution in [2.45, 2.75) is 56.0 Å². The molecule has 1 N–H and O–H groups in total. The number of nitrogens with one attached hydrogen (secondary N) is 1. The second-order valence-electron chi connectivity index (χ2n) is 7.70. The largest absolute Gasteiger partial charge is 0.493 e. The number of sulfone groups is 1. The van der Waals surface area contributed by atoms with Crippen LogP contribution in [0.4, 0.5) is 0 Å². The molecule has 2 aromatic carbocycles. The van der Waals surface area contributed by atoms with Gasteiger partial charge in [0, 0.05) is 5.54 Å². The maximum atomic E-state index is 13.7. The Balaban J connectivity index is 2.30. The molecular weight excluding hydrogens is 386 g/mol. The zero-order valence-electron chi connectivity index (χ0n) is 17.7. The van der Waals surface area contributed by atoms with Crippen LogP contribution in [0.1, 0.15) is 56.7 Å². The van der Waals surface area contributed by atoms with Gasteiger partial charge in [-0.15, -0.1) is 0 Å². The first-order valence-corrected chi connectivity index (χ1v) is 11.9. The minimum Gasteiger partial charge on any atom is -0.493 e. The first-order chi connectivity index (χ1) is 13.9. The van der Waals surface area contributed by atoms with E-state index in [-0.39, 0.29) is 22.4 Å². The van der Waals surface area contributed by atoms with Gasteiger partial charge in [0.1, 0.15) is 4.90 Å². The summed E-state index contributed by atoms with van der Waals surface area (Å²) in [7, 11) is -0.593. The fourth-order valence-electron chi connectivity index (χ4n) is 4.27. The van der Waals surface area contributed by atoms with Crippen LogP contribution in [0, 0.1) is 0 Å². The molecule has 0 spiro atoms. The third-order valence-electron chi connectivity index (χ3n) is 5.89. The second-order valence-corrected chi connectivity index (χ2v) is 9.63. The zero-order chi connectivity index (χ0) is 21.1. The summed E-state index contributed by atoms with van der Waals surface area (Å²) in [5.74, 6) is 0.755. The van der Waals surface area contributed by atoms with Gasteiger partial charge in [-0.1, -0.05) is 63.1 Å². The smallest absolute Gasteiger partial charge is 0.184 e. The van der Waals surface area contributed by atoms with Gasteiger partial charge in [-0.25, -0.2) is 8.42 Å². The lowest BCUT2D eigenvalue weighted by molar-refractivity contribution is 0.294. The minimum absolute atomic E-state index is 0.0381. The van der Waals surface area contributed by atoms with Crippen LogP contribution >= 0.6 is 0 Å². The Morgan fingerprint density at radius 1 is 1.07 bits per heavy atom. The average Bonchev–Trinajstić information content (AvgIpc) is 2.84. The summed E-state index contributed by atoms with van der Waals surface area (Å²) in [5, 5.41) is 3.76. The van der Waals surface area contributed by atoms with E-state index >= 15 is 0 Å². The van der Waals surface area contributed by atoms with E-state index in [4.69, 9.17) is 9.47 Å². The monoisotopic (exact) mass is 417 g/mol. The molecule has 0 unspecified atom stereocenters.